The minimum absolute atomic E-state index is 0.00485. The predicted octanol–water partition coefficient (Wildman–Crippen LogP) is 2.82. The molecule has 0 spiro atoms. The molecule has 2 heterocycles. The fraction of sp³-hybridized carbons (Fsp3) is 0.294. The summed E-state index contributed by atoms with van der Waals surface area (Å²) < 4.78 is 5.66. The Labute approximate surface area is 134 Å². The van der Waals surface area contributed by atoms with Crippen molar-refractivity contribution in [1.29, 1.82) is 0 Å². The van der Waals surface area contributed by atoms with Gasteiger partial charge >= 0.3 is 0 Å². The fourth-order valence-electron chi connectivity index (χ4n) is 2.41. The number of benzene rings is 1. The maximum absolute atomic E-state index is 12.2. The lowest BCUT2D eigenvalue weighted by molar-refractivity contribution is 0.0250. The third-order valence-corrected chi connectivity index (χ3v) is 3.89. The molecule has 0 aliphatic carbocycles. The molecule has 1 aromatic heterocycles. The molecule has 22 heavy (non-hydrogen) atoms. The molecule has 2 aromatic rings. The number of nitrogens with one attached hydrogen (secondary N) is 1. The van der Waals surface area contributed by atoms with Crippen LogP contribution >= 0.6 is 11.6 Å². The first-order chi connectivity index (χ1) is 10.7. The third-order valence-electron chi connectivity index (χ3n) is 3.64. The van der Waals surface area contributed by atoms with Crippen LogP contribution in [0.4, 0.5) is 0 Å². The highest BCUT2D eigenvalue weighted by Gasteiger charge is 2.17. The molecule has 1 saturated heterocycles. The lowest BCUT2D eigenvalue weighted by atomic mass is 10.0. The van der Waals surface area contributed by atoms with Gasteiger partial charge in [-0.1, -0.05) is 17.7 Å². The van der Waals surface area contributed by atoms with Crippen LogP contribution in [0.25, 0.3) is 0 Å². The molecule has 1 N–H and O–H groups in total. The maximum atomic E-state index is 12.2. The fourth-order valence-corrected chi connectivity index (χ4v) is 2.54. The van der Waals surface area contributed by atoms with E-state index in [4.69, 9.17) is 16.3 Å². The van der Waals surface area contributed by atoms with E-state index in [0.29, 0.717) is 23.6 Å². The number of carbonyl (C=O) groups excluding carboxylic acids is 1. The molecule has 114 valence electrons. The van der Waals surface area contributed by atoms with Crippen molar-refractivity contribution in [3.63, 3.8) is 0 Å². The Bertz CT molecular complexity index is 635. The Kier molecular flexibility index (Phi) is 4.83. The first-order valence-electron chi connectivity index (χ1n) is 7.28. The number of nitrogens with zero attached hydrogens (tertiary/aromatic N) is 1. The molecule has 3 rings (SSSR count). The van der Waals surface area contributed by atoms with Crippen LogP contribution in [0.1, 0.15) is 27.7 Å². The topological polar surface area (TPSA) is 51.2 Å². The molecule has 0 saturated carbocycles. The Morgan fingerprint density at radius 3 is 2.73 bits per heavy atom. The van der Waals surface area contributed by atoms with Crippen LogP contribution in [0, 0.1) is 0 Å². The summed E-state index contributed by atoms with van der Waals surface area (Å²) in [6.45, 7) is 2.35. The molecule has 1 unspecified atom stereocenters. The van der Waals surface area contributed by atoms with Gasteiger partial charge in [-0.3, -0.25) is 9.78 Å². The van der Waals surface area contributed by atoms with Gasteiger partial charge in [0.2, 0.25) is 0 Å². The van der Waals surface area contributed by atoms with E-state index < -0.39 is 0 Å². The minimum atomic E-state index is -0.00485. The van der Waals surface area contributed by atoms with E-state index in [-0.39, 0.29) is 11.9 Å². The van der Waals surface area contributed by atoms with Crippen molar-refractivity contribution in [1.82, 2.24) is 10.3 Å². The molecule has 1 aliphatic rings. The summed E-state index contributed by atoms with van der Waals surface area (Å²) in [6.07, 6.45) is 2.08. The molecular formula is C17H17ClN2O2. The molecule has 5 heteroatoms. The number of carbonyl (C=O) groups is 1. The van der Waals surface area contributed by atoms with Gasteiger partial charge in [0.25, 0.3) is 0 Å². The predicted molar refractivity (Wildman–Crippen MR) is 85.3 cm³/mol. The highest BCUT2D eigenvalue weighted by molar-refractivity contribution is 6.30. The van der Waals surface area contributed by atoms with Crippen LogP contribution in [0.2, 0.25) is 5.02 Å². The summed E-state index contributed by atoms with van der Waals surface area (Å²) in [6, 6.07) is 10.8. The van der Waals surface area contributed by atoms with Gasteiger partial charge in [0, 0.05) is 36.3 Å². The number of aromatic nitrogens is 1. The van der Waals surface area contributed by atoms with Gasteiger partial charge in [-0.2, -0.15) is 0 Å². The molecule has 0 bridgehead atoms. The summed E-state index contributed by atoms with van der Waals surface area (Å²) in [5.74, 6) is 0.0572. The largest absolute Gasteiger partial charge is 0.369 e. The first-order valence-corrected chi connectivity index (χ1v) is 7.66. The third kappa shape index (κ3) is 3.71. The van der Waals surface area contributed by atoms with E-state index in [9.17, 15) is 4.79 Å². The van der Waals surface area contributed by atoms with Gasteiger partial charge in [-0.15, -0.1) is 0 Å². The van der Waals surface area contributed by atoms with Gasteiger partial charge < -0.3 is 10.1 Å². The SMILES string of the molecule is O=C(Cc1ccc(C2CNCCO2)nc1)c1ccc(Cl)cc1. The maximum Gasteiger partial charge on any atom is 0.167 e. The second-order valence-corrected chi connectivity index (χ2v) is 5.70. The minimum Gasteiger partial charge on any atom is -0.369 e. The molecule has 1 aromatic carbocycles. The average Bonchev–Trinajstić information content (AvgIpc) is 2.57. The zero-order chi connectivity index (χ0) is 15.4. The molecule has 1 aliphatic heterocycles. The van der Waals surface area contributed by atoms with Crippen LogP contribution in [-0.4, -0.2) is 30.5 Å². The van der Waals surface area contributed by atoms with Crippen molar-refractivity contribution in [3.8, 4) is 0 Å². The summed E-state index contributed by atoms with van der Waals surface area (Å²) in [5.41, 5.74) is 2.45. The standard InChI is InChI=1S/C17H17ClN2O2/c18-14-4-2-13(3-5-14)16(21)9-12-1-6-15(20-10-12)17-11-19-7-8-22-17/h1-6,10,17,19H,7-9,11H2. The van der Waals surface area contributed by atoms with E-state index in [0.717, 1.165) is 24.3 Å². The second-order valence-electron chi connectivity index (χ2n) is 5.26. The zero-order valence-corrected chi connectivity index (χ0v) is 12.8. The summed E-state index contributed by atoms with van der Waals surface area (Å²) >= 11 is 5.83. The van der Waals surface area contributed by atoms with Gasteiger partial charge in [0.15, 0.2) is 5.78 Å². The summed E-state index contributed by atoms with van der Waals surface area (Å²) in [4.78, 5) is 16.6. The lowest BCUT2D eigenvalue weighted by Gasteiger charge is -2.23. The second kappa shape index (κ2) is 7.01. The number of morpholine rings is 1. The van der Waals surface area contributed by atoms with E-state index >= 15 is 0 Å². The van der Waals surface area contributed by atoms with E-state index in [2.05, 4.69) is 10.3 Å². The van der Waals surface area contributed by atoms with Crippen LogP contribution in [-0.2, 0) is 11.2 Å². The Morgan fingerprint density at radius 1 is 1.27 bits per heavy atom. The number of ether oxygens (including phenoxy) is 1. The van der Waals surface area contributed by atoms with Crippen molar-refractivity contribution < 1.29 is 9.53 Å². The van der Waals surface area contributed by atoms with Crippen LogP contribution in [0.5, 0.6) is 0 Å². The monoisotopic (exact) mass is 316 g/mol. The molecular weight excluding hydrogens is 300 g/mol. The Balaban J connectivity index is 1.65. The Hall–Kier alpha value is -1.75. The highest BCUT2D eigenvalue weighted by Crippen LogP contribution is 2.17. The van der Waals surface area contributed by atoms with Crippen molar-refractivity contribution in [2.45, 2.75) is 12.5 Å². The molecule has 1 atom stereocenters. The molecule has 4 nitrogen and oxygen atoms in total. The smallest absolute Gasteiger partial charge is 0.167 e. The number of Topliss-reactive ketones (excluding diaryl/α,β-unsaturated/α-hetero) is 1. The quantitative estimate of drug-likeness (QED) is 0.881. The van der Waals surface area contributed by atoms with Crippen molar-refractivity contribution >= 4 is 17.4 Å². The van der Waals surface area contributed by atoms with Crippen LogP contribution in [0.15, 0.2) is 42.6 Å². The Morgan fingerprint density at radius 2 is 2.09 bits per heavy atom. The van der Waals surface area contributed by atoms with Gasteiger partial charge in [-0.05, 0) is 35.9 Å². The zero-order valence-electron chi connectivity index (χ0n) is 12.1. The number of hydrogen-bond donors (Lipinski definition) is 1. The van der Waals surface area contributed by atoms with Gasteiger partial charge in [-0.25, -0.2) is 0 Å². The normalized spacial score (nSPS) is 18.1. The molecule has 0 radical (unpaired) electrons. The number of hydrogen-bond acceptors (Lipinski definition) is 4. The number of halogens is 1. The highest BCUT2D eigenvalue weighted by atomic mass is 35.5. The van der Waals surface area contributed by atoms with Gasteiger partial charge in [0.1, 0.15) is 6.10 Å². The molecule has 1 fully saturated rings. The van der Waals surface area contributed by atoms with E-state index in [1.165, 1.54) is 0 Å². The average molecular weight is 317 g/mol. The number of ketones is 1. The number of pyridine rings is 1. The first kappa shape index (κ1) is 15.2. The van der Waals surface area contributed by atoms with E-state index in [1.807, 2.05) is 12.1 Å². The van der Waals surface area contributed by atoms with Crippen molar-refractivity contribution in [2.75, 3.05) is 19.7 Å². The van der Waals surface area contributed by atoms with Crippen molar-refractivity contribution in [2.24, 2.45) is 0 Å². The van der Waals surface area contributed by atoms with Crippen LogP contribution < -0.4 is 5.32 Å². The summed E-state index contributed by atoms with van der Waals surface area (Å²) in [7, 11) is 0. The lowest BCUT2D eigenvalue weighted by Crippen LogP contribution is -2.33. The van der Waals surface area contributed by atoms with Crippen molar-refractivity contribution in [3.05, 3.63) is 64.4 Å². The molecule has 0 amide bonds. The van der Waals surface area contributed by atoms with E-state index in [1.54, 1.807) is 30.5 Å². The summed E-state index contributed by atoms with van der Waals surface area (Å²) in [5, 5.41) is 3.90. The van der Waals surface area contributed by atoms with Gasteiger partial charge in [0.05, 0.1) is 12.3 Å². The van der Waals surface area contributed by atoms with Crippen LogP contribution in [0.3, 0.4) is 0 Å². The number of rotatable bonds is 4.